The summed E-state index contributed by atoms with van der Waals surface area (Å²) in [5, 5.41) is 0. The maximum atomic E-state index is 12.5. The molecule has 0 aliphatic rings. The second-order valence-electron chi connectivity index (χ2n) is 6.74. The zero-order valence-corrected chi connectivity index (χ0v) is 17.9. The van der Waals surface area contributed by atoms with Crippen LogP contribution in [0, 0.1) is 5.92 Å². The summed E-state index contributed by atoms with van der Waals surface area (Å²) in [4.78, 5) is 49.0. The molecule has 0 bridgehead atoms. The minimum absolute atomic E-state index is 0.0588. The highest BCUT2D eigenvalue weighted by Gasteiger charge is 2.23. The van der Waals surface area contributed by atoms with E-state index in [0.29, 0.717) is 5.75 Å². The second kappa shape index (κ2) is 9.55. The van der Waals surface area contributed by atoms with Crippen molar-refractivity contribution in [3.8, 4) is 5.75 Å². The van der Waals surface area contributed by atoms with Crippen LogP contribution in [0.4, 0.5) is 5.82 Å². The predicted molar refractivity (Wildman–Crippen MR) is 110 cm³/mol. The van der Waals surface area contributed by atoms with E-state index in [9.17, 15) is 19.2 Å². The number of esters is 1. The Morgan fingerprint density at radius 1 is 1.21 bits per heavy atom. The number of anilines is 1. The van der Waals surface area contributed by atoms with E-state index < -0.39 is 36.2 Å². The molecule has 0 aliphatic heterocycles. The number of nitrogens with zero attached hydrogens (tertiary/aromatic N) is 2. The minimum atomic E-state index is -0.834. The van der Waals surface area contributed by atoms with Crippen molar-refractivity contribution in [2.24, 2.45) is 13.0 Å². The monoisotopic (exact) mass is 467 g/mol. The molecule has 1 heterocycles. The number of hydrogen-bond donors (Lipinski definition) is 1. The summed E-state index contributed by atoms with van der Waals surface area (Å²) in [5.41, 5.74) is 4.09. The zero-order chi connectivity index (χ0) is 21.7. The number of rotatable bonds is 8. The van der Waals surface area contributed by atoms with Gasteiger partial charge in [-0.05, 0) is 24.1 Å². The van der Waals surface area contributed by atoms with Crippen molar-refractivity contribution >= 4 is 33.5 Å². The number of hydrogen-bond acceptors (Lipinski definition) is 7. The molecule has 0 radical (unpaired) electrons. The van der Waals surface area contributed by atoms with Crippen molar-refractivity contribution in [3.05, 3.63) is 55.1 Å². The quantitative estimate of drug-likeness (QED) is 0.459. The van der Waals surface area contributed by atoms with Crippen LogP contribution in [0.1, 0.15) is 24.2 Å². The van der Waals surface area contributed by atoms with Crippen LogP contribution in [-0.4, -0.2) is 34.1 Å². The number of nitrogens with two attached hydrogens (primary N) is 1. The van der Waals surface area contributed by atoms with E-state index in [0.717, 1.165) is 13.6 Å². The molecule has 0 aliphatic carbocycles. The Labute approximate surface area is 175 Å². The lowest BCUT2D eigenvalue weighted by Gasteiger charge is -2.16. The van der Waals surface area contributed by atoms with Crippen LogP contribution in [0.25, 0.3) is 0 Å². The number of aromatic nitrogens is 2. The fraction of sp³-hybridized carbons (Fsp3) is 0.368. The first kappa shape index (κ1) is 22.4. The number of Topliss-reactive ketones (excluding diaryl/α,β-unsaturated/α-hetero) is 1. The number of carbonyl (C=O) groups excluding carboxylic acids is 2. The third-order valence-electron chi connectivity index (χ3n) is 3.93. The van der Waals surface area contributed by atoms with Crippen LogP contribution in [0.15, 0.2) is 38.3 Å². The number of ketones is 1. The summed E-state index contributed by atoms with van der Waals surface area (Å²) >= 11 is 3.28. The summed E-state index contributed by atoms with van der Waals surface area (Å²) in [7, 11) is 1.26. The van der Waals surface area contributed by atoms with Crippen molar-refractivity contribution in [2.75, 3.05) is 18.9 Å². The van der Waals surface area contributed by atoms with Gasteiger partial charge in [-0.2, -0.15) is 0 Å². The van der Waals surface area contributed by atoms with Gasteiger partial charge in [0, 0.05) is 18.1 Å². The molecule has 10 heteroatoms. The van der Waals surface area contributed by atoms with Gasteiger partial charge in [-0.3, -0.25) is 18.7 Å². The first-order valence-corrected chi connectivity index (χ1v) is 9.57. The lowest BCUT2D eigenvalue weighted by atomic mass is 10.1. The van der Waals surface area contributed by atoms with Crippen molar-refractivity contribution in [3.63, 3.8) is 0 Å². The smallest absolute Gasteiger partial charge is 0.344 e. The molecule has 156 valence electrons. The molecule has 0 spiro atoms. The minimum Gasteiger partial charge on any atom is -0.482 e. The van der Waals surface area contributed by atoms with Gasteiger partial charge < -0.3 is 15.2 Å². The van der Waals surface area contributed by atoms with E-state index in [2.05, 4.69) is 15.9 Å². The normalized spacial score (nSPS) is 10.8. The molecule has 2 N–H and O–H groups in total. The van der Waals surface area contributed by atoms with Gasteiger partial charge in [-0.25, -0.2) is 9.59 Å². The van der Waals surface area contributed by atoms with Gasteiger partial charge >= 0.3 is 11.7 Å². The molecule has 0 atom stereocenters. The van der Waals surface area contributed by atoms with Gasteiger partial charge in [-0.1, -0.05) is 35.8 Å². The summed E-state index contributed by atoms with van der Waals surface area (Å²) in [6.07, 6.45) is 0. The fourth-order valence-electron chi connectivity index (χ4n) is 2.55. The maximum absolute atomic E-state index is 12.5. The number of ether oxygens (including phenoxy) is 2. The second-order valence-corrected chi connectivity index (χ2v) is 7.66. The molecule has 1 aromatic carbocycles. The molecule has 9 nitrogen and oxygen atoms in total. The van der Waals surface area contributed by atoms with E-state index in [-0.39, 0.29) is 23.8 Å². The van der Waals surface area contributed by atoms with Gasteiger partial charge in [-0.15, -0.1) is 0 Å². The molecule has 2 rings (SSSR count). The highest BCUT2D eigenvalue weighted by Crippen LogP contribution is 2.17. The first-order valence-electron chi connectivity index (χ1n) is 8.78. The van der Waals surface area contributed by atoms with Gasteiger partial charge in [0.25, 0.3) is 5.56 Å². The summed E-state index contributed by atoms with van der Waals surface area (Å²) in [6, 6.07) is 6.86. The Balaban J connectivity index is 2.10. The topological polar surface area (TPSA) is 123 Å². The number of halogens is 1. The molecule has 2 aromatic rings. The number of nitrogen functional groups attached to an aromatic ring is 1. The lowest BCUT2D eigenvalue weighted by Crippen LogP contribution is -2.43. The molecule has 0 unspecified atom stereocenters. The van der Waals surface area contributed by atoms with Crippen molar-refractivity contribution in [1.29, 1.82) is 0 Å². The van der Waals surface area contributed by atoms with Gasteiger partial charge in [0.05, 0.1) is 0 Å². The van der Waals surface area contributed by atoms with Crippen LogP contribution < -0.4 is 21.7 Å². The average molecular weight is 468 g/mol. The summed E-state index contributed by atoms with van der Waals surface area (Å²) < 4.78 is 12.9. The summed E-state index contributed by atoms with van der Waals surface area (Å²) in [5.74, 6) is -1.32. The van der Waals surface area contributed by atoms with Crippen LogP contribution in [0.3, 0.4) is 0 Å². The lowest BCUT2D eigenvalue weighted by molar-refractivity contribution is -0.144. The Hall–Kier alpha value is -2.88. The third-order valence-corrected chi connectivity index (χ3v) is 4.42. The highest BCUT2D eigenvalue weighted by atomic mass is 79.9. The van der Waals surface area contributed by atoms with E-state index in [1.54, 1.807) is 24.3 Å². The van der Waals surface area contributed by atoms with Gasteiger partial charge in [0.1, 0.15) is 17.1 Å². The van der Waals surface area contributed by atoms with Crippen LogP contribution in [-0.2, 0) is 23.1 Å². The standard InChI is InChI=1S/C19H22BrN3O6/c1-11(2)8-23-17(21)16(18(26)22(3)19(23)27)14(24)9-29-15(25)10-28-13-6-4-5-12(20)7-13/h4-7,11H,8-10,21H2,1-3H3. The predicted octanol–water partition coefficient (Wildman–Crippen LogP) is 1.35. The Bertz CT molecular complexity index is 1040. The maximum Gasteiger partial charge on any atom is 0.344 e. The average Bonchev–Trinajstić information content (AvgIpc) is 2.66. The molecule has 0 amide bonds. The number of carbonyl (C=O) groups is 2. The van der Waals surface area contributed by atoms with Crippen molar-refractivity contribution < 1.29 is 19.1 Å². The first-order chi connectivity index (χ1) is 13.6. The Kier molecular flexibility index (Phi) is 7.38. The molecule has 0 fully saturated rings. The van der Waals surface area contributed by atoms with Crippen molar-refractivity contribution in [2.45, 2.75) is 20.4 Å². The number of benzene rings is 1. The third kappa shape index (κ3) is 5.57. The van der Waals surface area contributed by atoms with E-state index >= 15 is 0 Å². The van der Waals surface area contributed by atoms with Gasteiger partial charge in [0.15, 0.2) is 13.2 Å². The zero-order valence-electron chi connectivity index (χ0n) is 16.3. The SMILES string of the molecule is CC(C)Cn1c(N)c(C(=O)COC(=O)COc2cccc(Br)c2)c(=O)n(C)c1=O. The van der Waals surface area contributed by atoms with Crippen molar-refractivity contribution in [1.82, 2.24) is 9.13 Å². The fourth-order valence-corrected chi connectivity index (χ4v) is 2.92. The van der Waals surface area contributed by atoms with Crippen LogP contribution >= 0.6 is 15.9 Å². The highest BCUT2D eigenvalue weighted by molar-refractivity contribution is 9.10. The largest absolute Gasteiger partial charge is 0.482 e. The molecular formula is C19H22BrN3O6. The van der Waals surface area contributed by atoms with E-state index in [1.165, 1.54) is 7.05 Å². The van der Waals surface area contributed by atoms with E-state index in [1.807, 2.05) is 13.8 Å². The summed E-state index contributed by atoms with van der Waals surface area (Å²) in [6.45, 7) is 2.86. The van der Waals surface area contributed by atoms with Crippen LogP contribution in [0.2, 0.25) is 0 Å². The molecule has 29 heavy (non-hydrogen) atoms. The Morgan fingerprint density at radius 3 is 2.52 bits per heavy atom. The van der Waals surface area contributed by atoms with Gasteiger partial charge in [0.2, 0.25) is 5.78 Å². The molecule has 0 saturated heterocycles. The van der Waals surface area contributed by atoms with Crippen LogP contribution in [0.5, 0.6) is 5.75 Å². The molecular weight excluding hydrogens is 446 g/mol. The molecule has 1 aromatic heterocycles. The van der Waals surface area contributed by atoms with E-state index in [4.69, 9.17) is 15.2 Å². The molecule has 0 saturated carbocycles. The Morgan fingerprint density at radius 2 is 1.90 bits per heavy atom.